The molecule has 6 aliphatic heterocycles. The molecule has 25 heteroatoms. The third kappa shape index (κ3) is 19.0. The van der Waals surface area contributed by atoms with Gasteiger partial charge in [-0.05, 0) is 122 Å². The van der Waals surface area contributed by atoms with Crippen molar-refractivity contribution in [2.45, 2.75) is 148 Å². The number of nitrogens with two attached hydrogens (primary N) is 1. The number of aliphatic imine (C=N–C) groups is 2. The number of rotatable bonds is 23. The third-order valence-corrected chi connectivity index (χ3v) is 18.9. The number of hydrogen-bond donors (Lipinski definition) is 6. The van der Waals surface area contributed by atoms with Gasteiger partial charge in [0, 0.05) is 112 Å². The molecule has 0 aliphatic carbocycles. The molecule has 4 atom stereocenters. The number of urea groups is 1. The first-order chi connectivity index (χ1) is 49.4. The Morgan fingerprint density at radius 1 is 0.608 bits per heavy atom. The minimum absolute atomic E-state index is 0.000752. The number of carbonyl (C=O) groups excluding carboxylic acids is 9. The summed E-state index contributed by atoms with van der Waals surface area (Å²) in [6.07, 6.45) is 13.9. The van der Waals surface area contributed by atoms with Crippen LogP contribution in [0.1, 0.15) is 146 Å². The van der Waals surface area contributed by atoms with Crippen LogP contribution in [0.3, 0.4) is 0 Å². The molecule has 25 nitrogen and oxygen atoms in total. The first-order valence-electron chi connectivity index (χ1n) is 35.3. The van der Waals surface area contributed by atoms with Gasteiger partial charge in [0.2, 0.25) is 17.7 Å². The van der Waals surface area contributed by atoms with Crippen molar-refractivity contribution >= 4 is 88.3 Å². The fourth-order valence-corrected chi connectivity index (χ4v) is 13.2. The largest absolute Gasteiger partial charge is 0.490 e. The number of ether oxygens (including phenoxy) is 5. The van der Waals surface area contributed by atoms with E-state index in [1.165, 1.54) is 5.56 Å². The highest BCUT2D eigenvalue weighted by molar-refractivity contribution is 6.13. The number of imide groups is 1. The number of nitrogens with zero attached hydrogens (tertiary/aromatic N) is 5. The van der Waals surface area contributed by atoms with Gasteiger partial charge in [0.1, 0.15) is 6.61 Å². The summed E-state index contributed by atoms with van der Waals surface area (Å²) in [6, 6.07) is 26.3. The van der Waals surface area contributed by atoms with Gasteiger partial charge < -0.3 is 65.8 Å². The van der Waals surface area contributed by atoms with Gasteiger partial charge in [-0.15, -0.1) is 0 Å². The monoisotopic (exact) mass is 1390 g/mol. The van der Waals surface area contributed by atoms with Crippen LogP contribution in [0.25, 0.3) is 0 Å². The van der Waals surface area contributed by atoms with Crippen molar-refractivity contribution in [3.05, 3.63) is 155 Å². The van der Waals surface area contributed by atoms with Crippen LogP contribution < -0.4 is 51.3 Å². The molecule has 0 fully saturated rings. The van der Waals surface area contributed by atoms with E-state index in [-0.39, 0.29) is 119 Å². The van der Waals surface area contributed by atoms with E-state index >= 15 is 0 Å². The van der Waals surface area contributed by atoms with Crippen LogP contribution in [0.4, 0.5) is 27.5 Å². The van der Waals surface area contributed by atoms with Crippen molar-refractivity contribution in [3.8, 4) is 23.0 Å². The van der Waals surface area contributed by atoms with E-state index in [0.29, 0.717) is 109 Å². The normalized spacial score (nSPS) is 17.8. The van der Waals surface area contributed by atoms with E-state index in [2.05, 4.69) is 45.3 Å². The molecule has 5 aromatic carbocycles. The molecule has 0 saturated heterocycles. The molecule has 7 N–H and O–H groups in total. The second-order valence-corrected chi connectivity index (χ2v) is 26.7. The highest BCUT2D eigenvalue weighted by Crippen LogP contribution is 2.42. The molecule has 0 aromatic heterocycles. The molecule has 5 aromatic rings. The number of primary amides is 1. The van der Waals surface area contributed by atoms with Gasteiger partial charge in [0.15, 0.2) is 34.7 Å². The fourth-order valence-electron chi connectivity index (χ4n) is 13.2. The summed E-state index contributed by atoms with van der Waals surface area (Å²) < 4.78 is 31.7. The minimum Gasteiger partial charge on any atom is -0.490 e. The molecule has 11 rings (SSSR count). The Morgan fingerprint density at radius 3 is 1.76 bits per heavy atom. The topological polar surface area (TPSA) is 320 Å². The van der Waals surface area contributed by atoms with Crippen molar-refractivity contribution < 1.29 is 66.8 Å². The summed E-state index contributed by atoms with van der Waals surface area (Å²) in [7, 11) is 0. The number of carbonyl (C=O) groups is 9. The third-order valence-electron chi connectivity index (χ3n) is 18.9. The lowest BCUT2D eigenvalue weighted by atomic mass is 9.89. The van der Waals surface area contributed by atoms with Crippen molar-refractivity contribution in [3.63, 3.8) is 0 Å². The molecule has 536 valence electrons. The number of amides is 9. The molecule has 0 saturated carbocycles. The Kier molecular flexibility index (Phi) is 24.5. The first kappa shape index (κ1) is 72.4. The predicted molar refractivity (Wildman–Crippen MR) is 383 cm³/mol. The van der Waals surface area contributed by atoms with Crippen molar-refractivity contribution in [1.29, 1.82) is 0 Å². The predicted octanol–water partition coefficient (Wildman–Crippen LogP) is 9.63. The maximum absolute atomic E-state index is 14.7. The van der Waals surface area contributed by atoms with Gasteiger partial charge in [-0.3, -0.25) is 53.2 Å². The van der Waals surface area contributed by atoms with Crippen LogP contribution >= 0.6 is 0 Å². The number of Topliss-reactive ketones (excluding diaryl/α,β-unsaturated/α-hetero) is 1. The van der Waals surface area contributed by atoms with E-state index in [1.54, 1.807) is 56.3 Å². The molecule has 6 aliphatic rings. The number of nitrogens with one attached hydrogen (secondary N) is 5. The smallest absolute Gasteiger partial charge is 0.312 e. The van der Waals surface area contributed by atoms with Gasteiger partial charge in [0.05, 0.1) is 67.1 Å². The maximum atomic E-state index is 14.7. The fraction of sp³-hybridized carbons (Fsp3) is 0.416. The lowest BCUT2D eigenvalue weighted by Gasteiger charge is -2.34. The zero-order valence-corrected chi connectivity index (χ0v) is 57.8. The molecule has 0 spiro atoms. The van der Waals surface area contributed by atoms with Crippen LogP contribution in [-0.2, 0) is 66.0 Å². The second kappa shape index (κ2) is 34.5. The Morgan fingerprint density at radius 2 is 1.16 bits per heavy atom. The molecule has 6 heterocycles. The van der Waals surface area contributed by atoms with Gasteiger partial charge in [-0.2, -0.15) is 0 Å². The number of anilines is 2. The first-order valence-corrected chi connectivity index (χ1v) is 35.3. The summed E-state index contributed by atoms with van der Waals surface area (Å²) in [5.74, 6) is -1.71. The highest BCUT2D eigenvalue weighted by atomic mass is 16.5. The zero-order chi connectivity index (χ0) is 71.7. The number of fused-ring (bicyclic) bond motifs is 8. The summed E-state index contributed by atoms with van der Waals surface area (Å²) >= 11 is 0. The molecule has 0 radical (unpaired) electrons. The quantitative estimate of drug-likeness (QED) is 0.0201. The molecule has 0 bridgehead atoms. The minimum atomic E-state index is -0.907. The Hall–Kier alpha value is -10.9. The van der Waals surface area contributed by atoms with Crippen LogP contribution in [0, 0.1) is 11.8 Å². The van der Waals surface area contributed by atoms with Gasteiger partial charge in [-0.25, -0.2) is 4.79 Å². The standard InChI is InChI=1S/C77H89N11O14/c1-48(2)73(85-70(91)18-13-28-79-69(90)27-30-86-71(92)25-26-72(86)93)64(89)38-53(17-12-29-80-77(78)97)74(94)84-56-22-19-50(20-23-56)47-102-49(3)83-57-24-21-52-37-59-44-82-63-42-68-66(40-61(63)76(96)88(59)46-55(52)35-57)99-32-11-7-5-4-6-10-31-98-65-39-60-62(41-67(65)100-33-14-34-101-68)81-43-58-36-51-15-8-9-16-54(51)45-87(58)75(60)95/h8-9,15-16,19-26,35,39-44,48,53,58-59,73,83H,3-7,10-14,17-18,27-34,36-38,45-47H2,1-2H3,(H,79,90)(H,84,94)(H,85,91)(H3,78,80,97)/t53-,58+,59+,73+/m1/s1. The van der Waals surface area contributed by atoms with Crippen molar-refractivity contribution in [2.24, 2.45) is 27.6 Å². The molecule has 0 unspecified atom stereocenters. The van der Waals surface area contributed by atoms with Crippen LogP contribution in [0.15, 0.2) is 126 Å². The number of ketones is 1. The maximum Gasteiger partial charge on any atom is 0.312 e. The van der Waals surface area contributed by atoms with Crippen molar-refractivity contribution in [2.75, 3.05) is 56.7 Å². The van der Waals surface area contributed by atoms with Gasteiger partial charge in [0.25, 0.3) is 23.6 Å². The lowest BCUT2D eigenvalue weighted by Crippen LogP contribution is -2.45. The van der Waals surface area contributed by atoms with Crippen LogP contribution in [-0.4, -0.2) is 144 Å². The van der Waals surface area contributed by atoms with E-state index in [9.17, 15) is 43.2 Å². The number of benzene rings is 5. The number of hydrogen-bond acceptors (Lipinski definition) is 17. The zero-order valence-electron chi connectivity index (χ0n) is 57.8. The SMILES string of the molecule is C=C(Nc1ccc2c(c1)CN1C(=O)c3cc4c(cc3N=C[C@@H]1C2)OCCCOc1cc2c(cc1OCCCCCCCCO4)C(=O)N1Cc3ccccc3C[C@H]1C=N2)OCc1ccc(NC(=O)[C@H](CCCNC(N)=O)CC(=O)[C@@H](NC(=O)CCCNC(=O)CCN2C(=O)C=CC2=O)C(C)C)cc1. The van der Waals surface area contributed by atoms with E-state index < -0.39 is 41.6 Å². The van der Waals surface area contributed by atoms with E-state index in [1.807, 2.05) is 58.6 Å². The van der Waals surface area contributed by atoms with Crippen molar-refractivity contribution in [1.82, 2.24) is 30.7 Å². The Labute approximate surface area is 593 Å². The summed E-state index contributed by atoms with van der Waals surface area (Å²) in [5.41, 5.74) is 13.5. The Bertz CT molecular complexity index is 4060. The molecule has 102 heavy (non-hydrogen) atoms. The van der Waals surface area contributed by atoms with E-state index in [4.69, 9.17) is 39.4 Å². The molecule has 9 amide bonds. The summed E-state index contributed by atoms with van der Waals surface area (Å²) in [6.45, 7) is 10.4. The Balaban J connectivity index is 0.661. The summed E-state index contributed by atoms with van der Waals surface area (Å²) in [4.78, 5) is 132. The van der Waals surface area contributed by atoms with E-state index in [0.717, 1.165) is 77.8 Å². The molecular weight excluding hydrogens is 1300 g/mol. The van der Waals surface area contributed by atoms with Gasteiger partial charge in [-0.1, -0.05) is 82.0 Å². The second-order valence-electron chi connectivity index (χ2n) is 26.7. The average Bonchev–Trinajstić information content (AvgIpc) is 1.41. The van der Waals surface area contributed by atoms with Gasteiger partial charge >= 0.3 is 6.03 Å². The highest BCUT2D eigenvalue weighted by Gasteiger charge is 2.37. The summed E-state index contributed by atoms with van der Waals surface area (Å²) in [5, 5.41) is 14.2. The lowest BCUT2D eigenvalue weighted by molar-refractivity contribution is -0.137. The average molecular weight is 1390 g/mol. The van der Waals surface area contributed by atoms with Crippen LogP contribution in [0.5, 0.6) is 23.0 Å². The van der Waals surface area contributed by atoms with Crippen LogP contribution in [0.2, 0.25) is 0 Å². The molecular formula is C77H89N11O14.